The maximum absolute atomic E-state index is 13.3. The number of nitrogens with zero attached hydrogens (tertiary/aromatic N) is 3. The van der Waals surface area contributed by atoms with Crippen LogP contribution in [0.5, 0.6) is 5.75 Å². The summed E-state index contributed by atoms with van der Waals surface area (Å²) >= 11 is 0. The number of carbonyl (C=O) groups excluding carboxylic acids is 1. The lowest BCUT2D eigenvalue weighted by atomic mass is 10.1. The summed E-state index contributed by atoms with van der Waals surface area (Å²) in [4.78, 5) is 14.6. The van der Waals surface area contributed by atoms with E-state index in [2.05, 4.69) is 5.10 Å². The van der Waals surface area contributed by atoms with E-state index in [0.29, 0.717) is 0 Å². The normalized spacial score (nSPS) is 14.8. The Morgan fingerprint density at radius 1 is 1.12 bits per heavy atom. The monoisotopic (exact) mass is 479 g/mol. The number of aromatic nitrogens is 2. The van der Waals surface area contributed by atoms with Gasteiger partial charge in [0.2, 0.25) is 0 Å². The Labute approximate surface area is 188 Å². The van der Waals surface area contributed by atoms with Crippen molar-refractivity contribution in [1.82, 2.24) is 14.7 Å². The first-order chi connectivity index (χ1) is 15.4. The zero-order valence-corrected chi connectivity index (χ0v) is 18.5. The number of benzene rings is 2. The molecule has 4 rings (SSSR count). The van der Waals surface area contributed by atoms with Gasteiger partial charge in [0.15, 0.2) is 15.9 Å². The highest BCUT2D eigenvalue weighted by atomic mass is 32.2. The molecule has 7 nitrogen and oxygen atoms in total. The highest BCUT2D eigenvalue weighted by Gasteiger charge is 2.39. The van der Waals surface area contributed by atoms with Gasteiger partial charge in [0.05, 0.1) is 16.1 Å². The fraction of sp³-hybridized carbons (Fsp3) is 0.273. The zero-order valence-electron chi connectivity index (χ0n) is 17.7. The Morgan fingerprint density at radius 2 is 1.85 bits per heavy atom. The fourth-order valence-electron chi connectivity index (χ4n) is 3.53. The van der Waals surface area contributed by atoms with E-state index in [1.807, 2.05) is 18.2 Å². The molecule has 0 fully saturated rings. The van der Waals surface area contributed by atoms with Gasteiger partial charge in [0.1, 0.15) is 5.75 Å². The average Bonchev–Trinajstić information content (AvgIpc) is 3.41. The number of ether oxygens (including phenoxy) is 1. The maximum atomic E-state index is 13.3. The molecule has 0 radical (unpaired) electrons. The lowest BCUT2D eigenvalue weighted by Gasteiger charge is -2.22. The fourth-order valence-corrected chi connectivity index (χ4v) is 4.17. The summed E-state index contributed by atoms with van der Waals surface area (Å²) in [6.07, 6.45) is -2.45. The minimum atomic E-state index is -4.65. The summed E-state index contributed by atoms with van der Waals surface area (Å²) in [5.41, 5.74) is 2.30. The van der Waals surface area contributed by atoms with Crippen molar-refractivity contribution in [2.24, 2.45) is 0 Å². The number of halogens is 3. The van der Waals surface area contributed by atoms with E-state index < -0.39 is 28.0 Å². The summed E-state index contributed by atoms with van der Waals surface area (Å²) in [6.45, 7) is 1.26. The van der Waals surface area contributed by atoms with Crippen molar-refractivity contribution in [2.75, 3.05) is 6.26 Å². The predicted octanol–water partition coefficient (Wildman–Crippen LogP) is 3.76. The molecular weight excluding hydrogens is 459 g/mol. The van der Waals surface area contributed by atoms with Crippen LogP contribution in [0, 0.1) is 0 Å². The van der Waals surface area contributed by atoms with Crippen LogP contribution in [0.25, 0.3) is 5.69 Å². The molecule has 1 aliphatic rings. The van der Waals surface area contributed by atoms with Gasteiger partial charge in [-0.3, -0.25) is 4.79 Å². The van der Waals surface area contributed by atoms with Gasteiger partial charge in [-0.05, 0) is 54.4 Å². The summed E-state index contributed by atoms with van der Waals surface area (Å²) in [5.74, 6) is -0.952. The Kier molecular flexibility index (Phi) is 5.69. The minimum Gasteiger partial charge on any atom is -0.480 e. The van der Waals surface area contributed by atoms with Crippen molar-refractivity contribution < 1.29 is 31.1 Å². The van der Waals surface area contributed by atoms with Crippen molar-refractivity contribution in [1.29, 1.82) is 0 Å². The van der Waals surface area contributed by atoms with Gasteiger partial charge >= 0.3 is 6.18 Å². The first-order valence-electron chi connectivity index (χ1n) is 9.92. The van der Waals surface area contributed by atoms with Crippen LogP contribution in [0.4, 0.5) is 13.2 Å². The molecule has 0 aliphatic carbocycles. The topological polar surface area (TPSA) is 81.5 Å². The molecular formula is C22H20F3N3O4S. The Bertz CT molecular complexity index is 1300. The molecule has 2 heterocycles. The van der Waals surface area contributed by atoms with Gasteiger partial charge in [-0.15, -0.1) is 0 Å². The van der Waals surface area contributed by atoms with E-state index in [1.165, 1.54) is 4.90 Å². The molecule has 1 aliphatic heterocycles. The van der Waals surface area contributed by atoms with Crippen LogP contribution in [0.1, 0.15) is 28.4 Å². The van der Waals surface area contributed by atoms with Crippen molar-refractivity contribution in [2.45, 2.75) is 37.2 Å². The number of hydrogen-bond acceptors (Lipinski definition) is 5. The lowest BCUT2D eigenvalue weighted by molar-refractivity contribution is -0.189. The molecule has 2 aromatic carbocycles. The van der Waals surface area contributed by atoms with Crippen molar-refractivity contribution in [3.05, 3.63) is 71.5 Å². The van der Waals surface area contributed by atoms with E-state index in [0.717, 1.165) is 48.2 Å². The number of sulfone groups is 1. The summed E-state index contributed by atoms with van der Waals surface area (Å²) in [5, 5.41) is 4.18. The lowest BCUT2D eigenvalue weighted by Crippen LogP contribution is -2.32. The van der Waals surface area contributed by atoms with Crippen LogP contribution in [-0.2, 0) is 22.9 Å². The number of amides is 1. The number of hydrogen-bond donors (Lipinski definition) is 0. The smallest absolute Gasteiger partial charge is 0.425 e. The molecule has 174 valence electrons. The third-order valence-electron chi connectivity index (χ3n) is 5.34. The van der Waals surface area contributed by atoms with Crippen molar-refractivity contribution >= 4 is 15.7 Å². The van der Waals surface area contributed by atoms with Gasteiger partial charge in [0.25, 0.3) is 5.91 Å². The van der Waals surface area contributed by atoms with Crippen molar-refractivity contribution in [3.8, 4) is 11.4 Å². The molecule has 0 bridgehead atoms. The number of rotatable bonds is 5. The Balaban J connectivity index is 1.66. The highest BCUT2D eigenvalue weighted by Crippen LogP contribution is 2.32. The third-order valence-corrected chi connectivity index (χ3v) is 6.45. The second kappa shape index (κ2) is 8.22. The molecule has 11 heteroatoms. The quantitative estimate of drug-likeness (QED) is 0.557. The molecule has 0 spiro atoms. The van der Waals surface area contributed by atoms with Crippen LogP contribution in [0.15, 0.2) is 59.8 Å². The first kappa shape index (κ1) is 22.8. The third kappa shape index (κ3) is 4.72. The second-order valence-corrected chi connectivity index (χ2v) is 9.81. The van der Waals surface area contributed by atoms with Crippen molar-refractivity contribution in [3.63, 3.8) is 0 Å². The van der Waals surface area contributed by atoms with Gasteiger partial charge in [0, 0.05) is 31.7 Å². The van der Waals surface area contributed by atoms with Crippen LogP contribution >= 0.6 is 0 Å². The van der Waals surface area contributed by atoms with Crippen LogP contribution in [-0.4, -0.2) is 47.5 Å². The van der Waals surface area contributed by atoms with Gasteiger partial charge in [-0.2, -0.15) is 18.3 Å². The van der Waals surface area contributed by atoms with E-state index in [4.69, 9.17) is 4.74 Å². The van der Waals surface area contributed by atoms with Crippen LogP contribution in [0.3, 0.4) is 0 Å². The number of fused-ring (bicyclic) bond motifs is 1. The van der Waals surface area contributed by atoms with Crippen LogP contribution in [0.2, 0.25) is 0 Å². The van der Waals surface area contributed by atoms with Gasteiger partial charge in [-0.25, -0.2) is 13.1 Å². The summed E-state index contributed by atoms with van der Waals surface area (Å²) < 4.78 is 69.8. The van der Waals surface area contributed by atoms with E-state index >= 15 is 0 Å². The first-order valence-corrected chi connectivity index (χ1v) is 11.8. The number of alkyl halides is 3. The van der Waals surface area contributed by atoms with E-state index in [1.54, 1.807) is 23.1 Å². The average molecular weight is 479 g/mol. The molecule has 1 atom stereocenters. The van der Waals surface area contributed by atoms with Crippen LogP contribution < -0.4 is 4.74 Å². The molecule has 1 aromatic heterocycles. The second-order valence-electron chi connectivity index (χ2n) is 7.80. The predicted molar refractivity (Wildman–Crippen MR) is 113 cm³/mol. The minimum absolute atomic E-state index is 0.185. The molecule has 33 heavy (non-hydrogen) atoms. The van der Waals surface area contributed by atoms with E-state index in [9.17, 15) is 26.4 Å². The van der Waals surface area contributed by atoms with E-state index in [-0.39, 0.29) is 29.3 Å². The largest absolute Gasteiger partial charge is 0.480 e. The number of carbonyl (C=O) groups is 1. The molecule has 0 N–H and O–H groups in total. The molecule has 1 amide bonds. The summed E-state index contributed by atoms with van der Waals surface area (Å²) in [7, 11) is -3.70. The summed E-state index contributed by atoms with van der Waals surface area (Å²) in [6, 6.07) is 10.6. The molecule has 0 unspecified atom stereocenters. The standard InChI is InChI=1S/C22H20F3N3O4S/c1-14(22(23,24)25)32-20-7-6-18(33(2,30)31)11-19(20)21(29)27-12-15-4-5-17(10-16(15)13-27)28-9-3-8-26-28/h3-11,14H,12-13H2,1-2H3/t14-/m0/s1. The van der Waals surface area contributed by atoms with Gasteiger partial charge in [-0.1, -0.05) is 6.07 Å². The molecule has 0 saturated carbocycles. The molecule has 3 aromatic rings. The Hall–Kier alpha value is -3.34. The Morgan fingerprint density at radius 3 is 2.48 bits per heavy atom. The molecule has 0 saturated heterocycles. The van der Waals surface area contributed by atoms with Gasteiger partial charge < -0.3 is 9.64 Å². The highest BCUT2D eigenvalue weighted by molar-refractivity contribution is 7.90. The SMILES string of the molecule is C[C@H](Oc1ccc(S(C)(=O)=O)cc1C(=O)N1Cc2ccc(-n3cccn3)cc2C1)C(F)(F)F. The zero-order chi connectivity index (χ0) is 24.0. The maximum Gasteiger partial charge on any atom is 0.425 e.